The molecule has 0 spiro atoms. The number of likely N-dealkylation sites (tertiary alicyclic amines) is 1. The highest BCUT2D eigenvalue weighted by molar-refractivity contribution is 5.92. The smallest absolute Gasteiger partial charge is 0.345 e. The Morgan fingerprint density at radius 1 is 1.05 bits per heavy atom. The number of fused-ring (bicyclic) bond motifs is 1. The van der Waals surface area contributed by atoms with Gasteiger partial charge in [-0.05, 0) is 41.8 Å². The van der Waals surface area contributed by atoms with Crippen LogP contribution in [-0.2, 0) is 28.6 Å². The van der Waals surface area contributed by atoms with Gasteiger partial charge in [-0.15, -0.1) is 0 Å². The van der Waals surface area contributed by atoms with Crippen molar-refractivity contribution in [1.29, 1.82) is 0 Å². The number of benzene rings is 2. The molecule has 1 aromatic heterocycles. The molecule has 2 aromatic carbocycles. The number of carbonyl (C=O) groups is 2. The van der Waals surface area contributed by atoms with Crippen LogP contribution in [0.4, 0.5) is 13.2 Å². The molecule has 11 heteroatoms. The van der Waals surface area contributed by atoms with Crippen molar-refractivity contribution in [3.63, 3.8) is 0 Å². The molecule has 0 radical (unpaired) electrons. The number of rotatable bonds is 10. The van der Waals surface area contributed by atoms with Crippen LogP contribution in [-0.4, -0.2) is 72.0 Å². The minimum Gasteiger partial charge on any atom is -0.345 e. The van der Waals surface area contributed by atoms with Gasteiger partial charge in [0.05, 0.1) is 61.9 Å². The summed E-state index contributed by atoms with van der Waals surface area (Å²) in [6.45, 7) is 1.96. The Labute approximate surface area is 231 Å². The van der Waals surface area contributed by atoms with Crippen molar-refractivity contribution < 1.29 is 27.2 Å². The number of halogens is 3. The maximum atomic E-state index is 13.4. The minimum atomic E-state index is -4.47. The van der Waals surface area contributed by atoms with Crippen molar-refractivity contribution in [2.75, 3.05) is 26.7 Å². The van der Waals surface area contributed by atoms with Crippen LogP contribution in [0, 0.1) is 0 Å². The van der Waals surface area contributed by atoms with Crippen LogP contribution in [0.5, 0.6) is 0 Å². The van der Waals surface area contributed by atoms with Crippen molar-refractivity contribution in [2.45, 2.75) is 49.6 Å². The summed E-state index contributed by atoms with van der Waals surface area (Å²) in [5.41, 5.74) is 19.5. The Bertz CT molecular complexity index is 1340. The molecule has 3 aromatic rings. The van der Waals surface area contributed by atoms with Gasteiger partial charge in [0.1, 0.15) is 0 Å². The molecule has 0 aliphatic carbocycles. The Hall–Kier alpha value is -3.38. The molecule has 7 N–H and O–H groups in total. The number of alkyl halides is 3. The quantitative estimate of drug-likeness (QED) is 0.281. The van der Waals surface area contributed by atoms with E-state index in [4.69, 9.17) is 17.2 Å². The van der Waals surface area contributed by atoms with Crippen LogP contribution in [0.15, 0.2) is 60.8 Å². The van der Waals surface area contributed by atoms with Gasteiger partial charge in [0.2, 0.25) is 5.91 Å². The summed E-state index contributed by atoms with van der Waals surface area (Å²) in [4.78, 5) is 30.9. The summed E-state index contributed by atoms with van der Waals surface area (Å²) in [5, 5.41) is 3.63. The molecule has 1 amide bonds. The van der Waals surface area contributed by atoms with Crippen molar-refractivity contribution in [1.82, 2.24) is 10.3 Å². The van der Waals surface area contributed by atoms with E-state index in [-0.39, 0.29) is 30.7 Å². The van der Waals surface area contributed by atoms with Crippen LogP contribution in [0.25, 0.3) is 10.9 Å². The Morgan fingerprint density at radius 2 is 1.70 bits per heavy atom. The van der Waals surface area contributed by atoms with E-state index < -0.39 is 29.7 Å². The SMILES string of the molecule is C[N+]1(CC[C@H](N)C(=O)N[C@@H](Cc2ccc(C(F)(F)F)cc2)C(=O)Cc2cnc3ccccc3c2)C[C@H](N)[C@@H](N)C1. The third-order valence-electron chi connectivity index (χ3n) is 7.62. The molecule has 1 aliphatic heterocycles. The fraction of sp³-hybridized carbons (Fsp3) is 0.414. The van der Waals surface area contributed by atoms with Gasteiger partial charge in [-0.3, -0.25) is 14.6 Å². The fourth-order valence-electron chi connectivity index (χ4n) is 5.25. The molecule has 1 saturated heterocycles. The summed E-state index contributed by atoms with van der Waals surface area (Å²) < 4.78 is 39.7. The number of para-hydroxylation sites is 1. The van der Waals surface area contributed by atoms with Crippen LogP contribution in [0.2, 0.25) is 0 Å². The summed E-state index contributed by atoms with van der Waals surface area (Å²) in [6.07, 6.45) is -2.49. The lowest BCUT2D eigenvalue weighted by Gasteiger charge is -2.30. The topological polar surface area (TPSA) is 137 Å². The van der Waals surface area contributed by atoms with Gasteiger partial charge >= 0.3 is 6.18 Å². The largest absolute Gasteiger partial charge is 0.416 e. The Balaban J connectivity index is 1.47. The van der Waals surface area contributed by atoms with Crippen molar-refractivity contribution in [2.24, 2.45) is 17.2 Å². The Morgan fingerprint density at radius 3 is 2.35 bits per heavy atom. The number of hydrogen-bond donors (Lipinski definition) is 4. The lowest BCUT2D eigenvalue weighted by Crippen LogP contribution is -2.52. The molecule has 0 unspecified atom stereocenters. The van der Waals surface area contributed by atoms with Gasteiger partial charge in [-0.25, -0.2) is 0 Å². The lowest BCUT2D eigenvalue weighted by molar-refractivity contribution is -0.898. The fourth-order valence-corrected chi connectivity index (χ4v) is 5.25. The third-order valence-corrected chi connectivity index (χ3v) is 7.62. The number of nitrogens with zero attached hydrogens (tertiary/aromatic N) is 2. The van der Waals surface area contributed by atoms with Gasteiger partial charge in [-0.2, -0.15) is 13.2 Å². The second-order valence-electron chi connectivity index (χ2n) is 11.1. The first-order valence-corrected chi connectivity index (χ1v) is 13.3. The first kappa shape index (κ1) is 29.6. The number of nitrogens with one attached hydrogen (secondary N) is 1. The molecular weight excluding hydrogens is 521 g/mol. The van der Waals surface area contributed by atoms with Crippen molar-refractivity contribution >= 4 is 22.6 Å². The van der Waals surface area contributed by atoms with Crippen molar-refractivity contribution in [3.05, 3.63) is 77.5 Å². The van der Waals surface area contributed by atoms with E-state index in [1.165, 1.54) is 12.1 Å². The van der Waals surface area contributed by atoms with E-state index in [1.807, 2.05) is 37.4 Å². The van der Waals surface area contributed by atoms with E-state index in [1.54, 1.807) is 6.20 Å². The maximum absolute atomic E-state index is 13.4. The van der Waals surface area contributed by atoms with Gasteiger partial charge < -0.3 is 27.0 Å². The summed E-state index contributed by atoms with van der Waals surface area (Å²) in [5.74, 6) is -0.797. The molecule has 1 aliphatic rings. The zero-order chi connectivity index (χ0) is 29.1. The predicted octanol–water partition coefficient (Wildman–Crippen LogP) is 1.92. The molecule has 8 nitrogen and oxygen atoms in total. The number of nitrogens with two attached hydrogens (primary N) is 3. The molecule has 40 heavy (non-hydrogen) atoms. The monoisotopic (exact) mass is 557 g/mol. The average molecular weight is 558 g/mol. The first-order chi connectivity index (χ1) is 18.8. The number of Topliss-reactive ketones (excluding diaryl/α,β-unsaturated/α-hetero) is 1. The second kappa shape index (κ2) is 12.0. The van der Waals surface area contributed by atoms with E-state index in [9.17, 15) is 22.8 Å². The van der Waals surface area contributed by atoms with Crippen LogP contribution in [0.1, 0.15) is 23.1 Å². The van der Waals surface area contributed by atoms with Gasteiger partial charge in [0.25, 0.3) is 0 Å². The van der Waals surface area contributed by atoms with Crippen molar-refractivity contribution in [3.8, 4) is 0 Å². The number of likely N-dealkylation sites (N-methyl/N-ethyl adjacent to an activating group) is 1. The number of ketones is 1. The summed E-state index contributed by atoms with van der Waals surface area (Å²) in [7, 11) is 2.02. The second-order valence-corrected chi connectivity index (χ2v) is 11.1. The molecule has 4 rings (SSSR count). The molecule has 1 fully saturated rings. The highest BCUT2D eigenvalue weighted by Crippen LogP contribution is 2.29. The molecule has 0 saturated carbocycles. The number of aromatic nitrogens is 1. The van der Waals surface area contributed by atoms with Crippen LogP contribution >= 0.6 is 0 Å². The molecule has 2 heterocycles. The molecule has 0 bridgehead atoms. The number of hydrogen-bond acceptors (Lipinski definition) is 6. The first-order valence-electron chi connectivity index (χ1n) is 13.3. The maximum Gasteiger partial charge on any atom is 0.416 e. The average Bonchev–Trinajstić information content (AvgIpc) is 3.17. The standard InChI is InChI=1S/C29H35F3N6O2/c1-38(16-23(34)24(35)17-38)11-10-22(33)28(40)37-26(13-18-6-8-21(9-7-18)29(30,31)32)27(39)14-19-12-20-4-2-3-5-25(20)36-15-19/h2-9,12,15,22-24,26H,10-11,13-14,16-17,33-35H2,1H3/p+1/t22-,23-,24-,26-/m0/s1. The number of pyridine rings is 1. The molecular formula is C29H36F3N6O2+. The highest BCUT2D eigenvalue weighted by Gasteiger charge is 2.39. The van der Waals surface area contributed by atoms with Gasteiger partial charge in [-0.1, -0.05) is 30.3 Å². The number of carbonyl (C=O) groups excluding carboxylic acids is 2. The number of amides is 1. The van der Waals surface area contributed by atoms with Gasteiger partial charge in [0, 0.05) is 24.4 Å². The van der Waals surface area contributed by atoms with E-state index in [0.29, 0.717) is 41.7 Å². The summed E-state index contributed by atoms with van der Waals surface area (Å²) in [6, 6.07) is 11.8. The van der Waals surface area contributed by atoms with Crippen LogP contribution < -0.4 is 22.5 Å². The Kier molecular flexibility index (Phi) is 8.89. The molecule has 4 atom stereocenters. The lowest BCUT2D eigenvalue weighted by atomic mass is 9.96. The summed E-state index contributed by atoms with van der Waals surface area (Å²) >= 11 is 0. The zero-order valence-electron chi connectivity index (χ0n) is 22.4. The molecule has 214 valence electrons. The van der Waals surface area contributed by atoms with Crippen LogP contribution in [0.3, 0.4) is 0 Å². The number of quaternary nitrogens is 1. The zero-order valence-corrected chi connectivity index (χ0v) is 22.4. The van der Waals surface area contributed by atoms with E-state index in [0.717, 1.165) is 23.0 Å². The highest BCUT2D eigenvalue weighted by atomic mass is 19.4. The van der Waals surface area contributed by atoms with E-state index in [2.05, 4.69) is 10.3 Å². The minimum absolute atomic E-state index is 0.0105. The third kappa shape index (κ3) is 7.42. The predicted molar refractivity (Wildman–Crippen MR) is 147 cm³/mol. The van der Waals surface area contributed by atoms with E-state index >= 15 is 0 Å². The van der Waals surface area contributed by atoms with Gasteiger partial charge in [0.15, 0.2) is 5.78 Å². The normalized spacial score (nSPS) is 20.3.